The lowest BCUT2D eigenvalue weighted by Crippen LogP contribution is -1.92. The number of hydrogen-bond acceptors (Lipinski definition) is 6. The number of nitro groups is 1. The first-order chi connectivity index (χ1) is 10.6. The molecule has 0 saturated carbocycles. The standard InChI is InChI=1S/C14H7ClN2O5/c15-8-4-9-12(5-10(8)17(18)19)22-14(16-9)7-1-2-11-13(3-7)21-6-20-11/h1-5H,6H2. The Morgan fingerprint density at radius 1 is 1.18 bits per heavy atom. The lowest BCUT2D eigenvalue weighted by molar-refractivity contribution is -0.384. The number of nitrogens with zero attached hydrogens (tertiary/aromatic N) is 2. The first kappa shape index (κ1) is 12.9. The van der Waals surface area contributed by atoms with Gasteiger partial charge in [-0.25, -0.2) is 4.98 Å². The molecule has 0 unspecified atom stereocenters. The second-order valence-electron chi connectivity index (χ2n) is 4.62. The van der Waals surface area contributed by atoms with Crippen molar-refractivity contribution in [2.75, 3.05) is 6.79 Å². The Bertz CT molecular complexity index is 921. The molecule has 4 rings (SSSR count). The summed E-state index contributed by atoms with van der Waals surface area (Å²) in [6, 6.07) is 7.94. The van der Waals surface area contributed by atoms with E-state index in [0.717, 1.165) is 0 Å². The monoisotopic (exact) mass is 318 g/mol. The normalized spacial score (nSPS) is 12.8. The van der Waals surface area contributed by atoms with E-state index in [1.54, 1.807) is 18.2 Å². The highest BCUT2D eigenvalue weighted by Crippen LogP contribution is 2.37. The van der Waals surface area contributed by atoms with Crippen LogP contribution in [-0.2, 0) is 0 Å². The van der Waals surface area contributed by atoms with Crippen LogP contribution in [-0.4, -0.2) is 16.7 Å². The number of halogens is 1. The molecule has 3 aromatic rings. The van der Waals surface area contributed by atoms with Crippen molar-refractivity contribution in [2.24, 2.45) is 0 Å². The number of hydrogen-bond donors (Lipinski definition) is 0. The molecule has 0 amide bonds. The maximum atomic E-state index is 10.9. The molecule has 1 aliphatic rings. The minimum Gasteiger partial charge on any atom is -0.454 e. The maximum absolute atomic E-state index is 10.9. The van der Waals surface area contributed by atoms with Crippen LogP contribution in [0.25, 0.3) is 22.6 Å². The molecule has 0 N–H and O–H groups in total. The van der Waals surface area contributed by atoms with Gasteiger partial charge in [-0.2, -0.15) is 0 Å². The molecule has 0 bridgehead atoms. The molecule has 0 radical (unpaired) electrons. The average molecular weight is 319 g/mol. The highest BCUT2D eigenvalue weighted by molar-refractivity contribution is 6.33. The Labute approximate surface area is 128 Å². The fraction of sp³-hybridized carbons (Fsp3) is 0.0714. The molecule has 1 aliphatic heterocycles. The summed E-state index contributed by atoms with van der Waals surface area (Å²) in [5.41, 5.74) is 1.20. The maximum Gasteiger partial charge on any atom is 0.291 e. The van der Waals surface area contributed by atoms with Crippen molar-refractivity contribution < 1.29 is 18.8 Å². The molecule has 2 aromatic carbocycles. The molecule has 8 heteroatoms. The lowest BCUT2D eigenvalue weighted by atomic mass is 10.2. The summed E-state index contributed by atoms with van der Waals surface area (Å²) in [6.45, 7) is 0.175. The van der Waals surface area contributed by atoms with Crippen molar-refractivity contribution in [1.82, 2.24) is 4.98 Å². The van der Waals surface area contributed by atoms with Crippen molar-refractivity contribution in [3.05, 3.63) is 45.5 Å². The van der Waals surface area contributed by atoms with Crippen LogP contribution in [0.3, 0.4) is 0 Å². The minimum absolute atomic E-state index is 0.0167. The van der Waals surface area contributed by atoms with Crippen molar-refractivity contribution in [3.8, 4) is 23.0 Å². The predicted octanol–water partition coefficient (Wildman–Crippen LogP) is 3.79. The van der Waals surface area contributed by atoms with E-state index in [2.05, 4.69) is 4.98 Å². The molecule has 0 spiro atoms. The molecule has 0 atom stereocenters. The van der Waals surface area contributed by atoms with Gasteiger partial charge in [0.15, 0.2) is 17.1 Å². The molecule has 2 heterocycles. The summed E-state index contributed by atoms with van der Waals surface area (Å²) in [4.78, 5) is 14.6. The van der Waals surface area contributed by atoms with Crippen LogP contribution in [0.5, 0.6) is 11.5 Å². The Hall–Kier alpha value is -2.80. The molecular weight excluding hydrogens is 312 g/mol. The van der Waals surface area contributed by atoms with E-state index in [9.17, 15) is 10.1 Å². The molecule has 0 saturated heterocycles. The number of nitro benzene ring substituents is 1. The Morgan fingerprint density at radius 2 is 2.00 bits per heavy atom. The number of ether oxygens (including phenoxy) is 2. The van der Waals surface area contributed by atoms with Crippen molar-refractivity contribution in [1.29, 1.82) is 0 Å². The second-order valence-corrected chi connectivity index (χ2v) is 5.02. The molecule has 1 aromatic heterocycles. The predicted molar refractivity (Wildman–Crippen MR) is 77.2 cm³/mol. The fourth-order valence-corrected chi connectivity index (χ4v) is 2.46. The number of benzene rings is 2. The van der Waals surface area contributed by atoms with Crippen molar-refractivity contribution in [2.45, 2.75) is 0 Å². The van der Waals surface area contributed by atoms with E-state index in [0.29, 0.717) is 34.1 Å². The first-order valence-corrected chi connectivity index (χ1v) is 6.64. The van der Waals surface area contributed by atoms with Gasteiger partial charge in [0.05, 0.1) is 11.0 Å². The Kier molecular flexibility index (Phi) is 2.70. The zero-order chi connectivity index (χ0) is 15.3. The number of oxazole rings is 1. The zero-order valence-electron chi connectivity index (χ0n) is 10.9. The van der Waals surface area contributed by atoms with Crippen LogP contribution in [0.1, 0.15) is 0 Å². The summed E-state index contributed by atoms with van der Waals surface area (Å²) < 4.78 is 16.1. The van der Waals surface area contributed by atoms with Crippen LogP contribution in [0.15, 0.2) is 34.7 Å². The summed E-state index contributed by atoms with van der Waals surface area (Å²) in [6.07, 6.45) is 0. The molecular formula is C14H7ClN2O5. The van der Waals surface area contributed by atoms with Gasteiger partial charge in [0.2, 0.25) is 12.7 Å². The van der Waals surface area contributed by atoms with E-state index in [4.69, 9.17) is 25.5 Å². The third-order valence-corrected chi connectivity index (χ3v) is 3.58. The third-order valence-electron chi connectivity index (χ3n) is 3.27. The van der Waals surface area contributed by atoms with Crippen LogP contribution >= 0.6 is 11.6 Å². The molecule has 22 heavy (non-hydrogen) atoms. The van der Waals surface area contributed by atoms with Crippen molar-refractivity contribution in [3.63, 3.8) is 0 Å². The number of rotatable bonds is 2. The van der Waals surface area contributed by atoms with Gasteiger partial charge < -0.3 is 13.9 Å². The minimum atomic E-state index is -0.565. The first-order valence-electron chi connectivity index (χ1n) is 6.26. The average Bonchev–Trinajstić information content (AvgIpc) is 3.10. The molecule has 0 fully saturated rings. The summed E-state index contributed by atoms with van der Waals surface area (Å²) in [5, 5.41) is 10.9. The van der Waals surface area contributed by atoms with Crippen LogP contribution in [0, 0.1) is 10.1 Å². The highest BCUT2D eigenvalue weighted by Gasteiger charge is 2.19. The largest absolute Gasteiger partial charge is 0.454 e. The summed E-state index contributed by atoms with van der Waals surface area (Å²) in [7, 11) is 0. The van der Waals surface area contributed by atoms with Gasteiger partial charge in [0.1, 0.15) is 10.5 Å². The van der Waals surface area contributed by atoms with Crippen LogP contribution in [0.2, 0.25) is 5.02 Å². The Balaban J connectivity index is 1.84. The van der Waals surface area contributed by atoms with E-state index in [1.807, 2.05) is 0 Å². The SMILES string of the molecule is O=[N+]([O-])c1cc2oc(-c3ccc4c(c3)OCO4)nc2cc1Cl. The van der Waals surface area contributed by atoms with Gasteiger partial charge in [0.25, 0.3) is 5.69 Å². The van der Waals surface area contributed by atoms with Gasteiger partial charge in [-0.15, -0.1) is 0 Å². The van der Waals surface area contributed by atoms with Gasteiger partial charge in [-0.1, -0.05) is 11.6 Å². The second kappa shape index (κ2) is 4.60. The smallest absolute Gasteiger partial charge is 0.291 e. The van der Waals surface area contributed by atoms with Crippen LogP contribution in [0.4, 0.5) is 5.69 Å². The third kappa shape index (κ3) is 1.94. The zero-order valence-corrected chi connectivity index (χ0v) is 11.7. The topological polar surface area (TPSA) is 87.6 Å². The van der Waals surface area contributed by atoms with Gasteiger partial charge >= 0.3 is 0 Å². The highest BCUT2D eigenvalue weighted by atomic mass is 35.5. The Morgan fingerprint density at radius 3 is 2.82 bits per heavy atom. The van der Waals surface area contributed by atoms with Gasteiger partial charge in [-0.3, -0.25) is 10.1 Å². The summed E-state index contributed by atoms with van der Waals surface area (Å²) >= 11 is 5.87. The van der Waals surface area contributed by atoms with E-state index in [1.165, 1.54) is 12.1 Å². The summed E-state index contributed by atoms with van der Waals surface area (Å²) in [5.74, 6) is 1.58. The number of aromatic nitrogens is 1. The van der Waals surface area contributed by atoms with Crippen LogP contribution < -0.4 is 9.47 Å². The lowest BCUT2D eigenvalue weighted by Gasteiger charge is -1.98. The van der Waals surface area contributed by atoms with Crippen molar-refractivity contribution >= 4 is 28.4 Å². The fourth-order valence-electron chi connectivity index (χ4n) is 2.23. The molecule has 110 valence electrons. The van der Waals surface area contributed by atoms with E-state index < -0.39 is 4.92 Å². The van der Waals surface area contributed by atoms with E-state index >= 15 is 0 Å². The quantitative estimate of drug-likeness (QED) is 0.527. The van der Waals surface area contributed by atoms with E-state index in [-0.39, 0.29) is 17.5 Å². The van der Waals surface area contributed by atoms with Gasteiger partial charge in [-0.05, 0) is 24.3 Å². The molecule has 0 aliphatic carbocycles. The van der Waals surface area contributed by atoms with Gasteiger partial charge in [0, 0.05) is 5.56 Å². The molecule has 7 nitrogen and oxygen atoms in total. The number of fused-ring (bicyclic) bond motifs is 2.